The lowest BCUT2D eigenvalue weighted by atomic mass is 9.99. The van der Waals surface area contributed by atoms with Gasteiger partial charge in [-0.3, -0.25) is 4.57 Å². The lowest BCUT2D eigenvalue weighted by Crippen LogP contribution is -2.04. The Balaban J connectivity index is 0.000000156. The minimum Gasteiger partial charge on any atom is -0.309 e. The zero-order valence-electron chi connectivity index (χ0n) is 154. The van der Waals surface area contributed by atoms with E-state index in [1.54, 1.807) is 0 Å². The molecule has 0 atom stereocenters. The van der Waals surface area contributed by atoms with Crippen LogP contribution in [-0.4, -0.2) is 53.2 Å². The molecule has 0 amide bonds. The molecule has 146 heavy (non-hydrogen) atoms. The van der Waals surface area contributed by atoms with E-state index in [-0.39, 0.29) is 38.3 Å². The number of fused-ring (bicyclic) bond motifs is 18. The van der Waals surface area contributed by atoms with E-state index in [9.17, 15) is 28.8 Å². The summed E-state index contributed by atoms with van der Waals surface area (Å²) in [4.78, 5) is 30.9. The Morgan fingerprint density at radius 1 is 0.192 bits per heavy atom. The van der Waals surface area contributed by atoms with Crippen LogP contribution in [0.15, 0.2) is 483 Å². The Hall–Kier alpha value is -19.0. The van der Waals surface area contributed by atoms with Crippen LogP contribution in [0.4, 0.5) is 0 Å². The monoisotopic (exact) mass is 1970 g/mol. The van der Waals surface area contributed by atoms with Crippen LogP contribution in [0.1, 0.15) is 128 Å². The number of nitrogens with zero attached hydrogens (tertiary/aromatic N) is 11. The molecule has 11 nitrogen and oxygen atoms in total. The highest BCUT2D eigenvalue weighted by Crippen LogP contribution is 2.47. The van der Waals surface area contributed by atoms with Gasteiger partial charge >= 0.3 is 0 Å². The van der Waals surface area contributed by atoms with Gasteiger partial charge in [0.15, 0.2) is 23.3 Å². The van der Waals surface area contributed by atoms with Gasteiger partial charge in [-0.25, -0.2) is 34.9 Å². The Bertz CT molecular complexity index is 15200. The van der Waals surface area contributed by atoms with E-state index in [1.165, 1.54) is 20.8 Å². The average molecular weight is 1970 g/mol. The fourth-order valence-corrected chi connectivity index (χ4v) is 17.5. The molecule has 29 rings (SSSR count). The number of benzene rings is 21. The molecule has 21 aromatic carbocycles. The predicted octanol–water partition coefficient (Wildman–Crippen LogP) is 35.2. The summed E-state index contributed by atoms with van der Waals surface area (Å²) in [5.41, 5.74) is -17.9. The van der Waals surface area contributed by atoms with Gasteiger partial charge in [0, 0.05) is 126 Å². The molecule has 0 spiro atoms. The van der Waals surface area contributed by atoms with Gasteiger partial charge in [0.2, 0.25) is 5.95 Å². The predicted molar refractivity (Wildman–Crippen MR) is 612 cm³/mol. The molecule has 8 heterocycles. The van der Waals surface area contributed by atoms with Gasteiger partial charge in [-0.2, -0.15) is 0 Å². The Labute approximate surface area is 959 Å². The Kier molecular flexibility index (Phi) is 9.14. The molecule has 0 aliphatic rings. The third kappa shape index (κ3) is 15.2. The standard InChI is InChI=1S/C49H32N4.C45H30N4.C40H27N3S.H2/c1-31-18-20-33(21-19-31)35-24-26-41-43(29-35)50-49(51-48(41)36-23-22-32-10-2-3-11-34(32)28-36)53-46-17-9-6-14-40(46)42-30-37(25-27-47(42)53)52-44-15-7-4-12-38(44)39-13-5-8-16-45(39)52;1-29-19-25-37-39(27-29)46-45(47-44(37)30-11-3-2-4-12-30)31-20-22-32(23-21-31)48-42-18-10-7-15-36(42)38-28-33(24-26-43(38)48)49-40-16-8-5-13-34(40)35-14-6-9-17-41(35)49;1-26-12-8-18-30(24-26)39-41-38(28-15-6-3-7-16-28)42-40(43-39)31-19-9-17-29(25-31)33-21-11-23-35-34-22-10-20-32(36(34)44-37(33)35)27-13-4-2-5-14-27;/h2-30H,1H3;2-28H,1H3;2-25H,1H3;1H/i2D,3D,4D,5D,6D,7D,8D,9D,10D,11D,12D,13D,14D,15D,16D,17D,18D,19D,20D,21D,22D,23D,24D,25D,26D,27D,28D,29D,30D;2D,3D,4D,5D,6D,7D,8D,9D,10D,11D,12D,13D,14D,15D,16D,17D,18D,19D,20D,21D,22D,23D,24D,25D,26D,27D,28D;2D,3D,4D,5D,6D,7D,8D,9D,10D,11D,12D,13D,14D,15D,16D,17D,18D,19D,20D,21D,22D,23D,24D,25D;1+1. The lowest BCUT2D eigenvalue weighted by Gasteiger charge is -2.14. The molecular weight excluding hydrogens is 1800 g/mol. The summed E-state index contributed by atoms with van der Waals surface area (Å²) in [6, 6.07) is -66.6. The molecule has 0 unspecified atom stereocenters. The molecule has 29 aromatic rings. The van der Waals surface area contributed by atoms with Gasteiger partial charge in [-0.1, -0.05) is 362 Å². The maximum absolute atomic E-state index is 10.0. The molecular formula is C134H91N11S. The summed E-state index contributed by atoms with van der Waals surface area (Å²) < 4.78 is 715. The van der Waals surface area contributed by atoms with Gasteiger partial charge in [0.25, 0.3) is 0 Å². The molecule has 0 bridgehead atoms. The van der Waals surface area contributed by atoms with Crippen LogP contribution in [0.3, 0.4) is 0 Å². The van der Waals surface area contributed by atoms with Gasteiger partial charge < -0.3 is 13.7 Å². The Morgan fingerprint density at radius 3 is 1.14 bits per heavy atom. The van der Waals surface area contributed by atoms with Gasteiger partial charge in [0.05, 0.1) is 176 Å². The van der Waals surface area contributed by atoms with Gasteiger partial charge in [-0.15, -0.1) is 11.3 Å². The van der Waals surface area contributed by atoms with Crippen LogP contribution >= 0.6 is 11.3 Å². The van der Waals surface area contributed by atoms with Gasteiger partial charge in [-0.05, 0) is 203 Å². The highest BCUT2D eigenvalue weighted by atomic mass is 32.1. The van der Waals surface area contributed by atoms with Crippen LogP contribution in [-0.2, 0) is 0 Å². The first kappa shape index (κ1) is 37.1. The zero-order valence-corrected chi connectivity index (χ0v) is 74.6. The molecule has 0 N–H and O–H groups in total. The van der Waals surface area contributed by atoms with Crippen LogP contribution in [0.25, 0.3) is 264 Å². The molecule has 0 saturated heterocycles. The quantitative estimate of drug-likeness (QED) is 0.113. The van der Waals surface area contributed by atoms with Crippen molar-refractivity contribution >= 4 is 151 Å². The maximum Gasteiger partial charge on any atom is 0.235 e. The molecule has 12 heteroatoms. The SMILES string of the molecule is [2HH].[2H]c1c([2H])c(-c2c([2H])c([2H])c3c(-c4c([2H])c([2H])c5c([2H])c([2H])c([2H])c([2H])c5c4[2H])nc(-n4c5c([2H])c([2H])c([2H])c([2H])c5c5c([2H])c(-n6c7c([2H])c([2H])c([2H])c([2H])c7c7c([2H])c([2H])c([2H])c([2H])c76)c([2H])c([2H])c54)nc3c2[2H])c([2H])c([2H])c1C.[2H]c1c([2H])c([2H])c(-c2nc(-c3c([2H])c([2H])c(-n4c5c([2H])c([2H])c([2H])c([2H])c5c5c([2H])c(-n6c7c([2H])c([2H])c([2H])c([2H])c7c7c([2H])c([2H])c([2H])c([2H])c76)c([2H])c([2H])c54)c([2H])c3[2H])nc3c([2H])c(C)c([2H])c([2H])c23)c([2H])c1[2H].[2H]c1c([2H])c([2H])c(-c2nc(-c3c([2H])c([2H])c([2H])c(C)c3[2H])nc(-c3c([2H])c([2H])c([2H])c(-c4c([2H])c([2H])c([2H])c5c4sc4c(-c6c([2H])c([2H])c([2H])c([2H])c6[2H])c([2H])c([2H])c([2H])c45)c3[2H])n2)c([2H])c1[2H]. The van der Waals surface area contributed by atoms with Crippen molar-refractivity contribution in [2.75, 3.05) is 0 Å². The third-order valence-electron chi connectivity index (χ3n) is 22.6. The third-order valence-corrected chi connectivity index (χ3v) is 23.8. The first-order chi connectivity index (χ1) is 105. The summed E-state index contributed by atoms with van der Waals surface area (Å²) in [5.74, 6) is -3.81. The second-order valence-corrected chi connectivity index (χ2v) is 32.4. The highest BCUT2D eigenvalue weighted by molar-refractivity contribution is 7.27. The van der Waals surface area contributed by atoms with Crippen molar-refractivity contribution in [2.45, 2.75) is 20.8 Å². The lowest BCUT2D eigenvalue weighted by molar-refractivity contribution is 1.01. The van der Waals surface area contributed by atoms with Crippen molar-refractivity contribution in [3.63, 3.8) is 0 Å². The highest BCUT2D eigenvalue weighted by Gasteiger charge is 2.25. The van der Waals surface area contributed by atoms with Crippen LogP contribution in [0.2, 0.25) is 0 Å². The summed E-state index contributed by atoms with van der Waals surface area (Å²) in [5, 5.41) is -7.25. The van der Waals surface area contributed by atoms with Crippen LogP contribution in [0.5, 0.6) is 0 Å². The van der Waals surface area contributed by atoms with Crippen LogP contribution < -0.4 is 0 Å². The average Bonchev–Trinajstić information content (AvgIpc) is 1.52. The van der Waals surface area contributed by atoms with Crippen molar-refractivity contribution < 1.29 is 111 Å². The second kappa shape index (κ2) is 35.9. The van der Waals surface area contributed by atoms with Crippen molar-refractivity contribution in [2.24, 2.45) is 0 Å². The van der Waals surface area contributed by atoms with Crippen molar-refractivity contribution in [3.8, 4) is 124 Å². The van der Waals surface area contributed by atoms with E-state index in [0.29, 0.717) is 11.3 Å². The van der Waals surface area contributed by atoms with E-state index in [4.69, 9.17) is 80.9 Å². The van der Waals surface area contributed by atoms with Crippen LogP contribution in [0, 0.1) is 20.8 Å². The molecule has 688 valence electrons. The minimum absolute atomic E-state index is 0. The number of aromatic nitrogens is 11. The minimum atomic E-state index is -1.04. The summed E-state index contributed by atoms with van der Waals surface area (Å²) in [6.45, 7) is 3.92. The van der Waals surface area contributed by atoms with E-state index in [0.717, 1.165) is 18.3 Å². The largest absolute Gasteiger partial charge is 0.309 e. The fraction of sp³-hybridized carbons (Fsp3) is 0.0224. The fourth-order valence-electron chi connectivity index (χ4n) is 16.3. The normalized spacial score (nSPS) is 19.3. The van der Waals surface area contributed by atoms with Gasteiger partial charge in [0.1, 0.15) is 0 Å². The number of thiophene rings is 1. The number of hydrogen-bond acceptors (Lipinski definition) is 8. The number of rotatable bonds is 13. The summed E-state index contributed by atoms with van der Waals surface area (Å²) >= 11 is 0.589. The van der Waals surface area contributed by atoms with Crippen molar-refractivity contribution in [1.82, 2.24) is 53.2 Å². The molecule has 8 aromatic heterocycles. The molecule has 0 saturated carbocycles. The molecule has 0 radical (unpaired) electrons. The topological polar surface area (TPSA) is 110 Å². The maximum atomic E-state index is 10.0. The van der Waals surface area contributed by atoms with E-state index in [2.05, 4.69) is 34.9 Å². The summed E-state index contributed by atoms with van der Waals surface area (Å²) in [6.07, 6.45) is 0. The summed E-state index contributed by atoms with van der Waals surface area (Å²) in [7, 11) is 0. The van der Waals surface area contributed by atoms with E-state index in [1.807, 2.05) is 0 Å². The van der Waals surface area contributed by atoms with Crippen molar-refractivity contribution in [1.29, 1.82) is 0 Å². The first-order valence-corrected chi connectivity index (χ1v) is 43.8. The second-order valence-electron chi connectivity index (χ2n) is 31.3. The number of hydrogen-bond donors (Lipinski definition) is 0. The molecule has 0 aliphatic carbocycles. The zero-order chi connectivity index (χ0) is 167. The van der Waals surface area contributed by atoms with E-state index < -0.39 is 728 Å². The molecule has 0 fully saturated rings. The van der Waals surface area contributed by atoms with Crippen molar-refractivity contribution in [3.05, 3.63) is 500 Å². The Morgan fingerprint density at radius 2 is 0.562 bits per heavy atom. The van der Waals surface area contributed by atoms with E-state index >= 15 is 0 Å². The molecule has 0 aliphatic heterocycles. The smallest absolute Gasteiger partial charge is 0.235 e. The first-order valence-electron chi connectivity index (χ1n) is 83.0. The number of para-hydroxylation sites is 6.